The predicted molar refractivity (Wildman–Crippen MR) is 266 cm³/mol. The maximum atomic E-state index is 14.5. The van der Waals surface area contributed by atoms with Crippen LogP contribution in [0.2, 0.25) is 0 Å². The summed E-state index contributed by atoms with van der Waals surface area (Å²) in [5, 5.41) is 54.1. The molecule has 2 saturated heterocycles. The first-order valence-corrected chi connectivity index (χ1v) is 26.0. The number of carbonyl (C=O) groups excluding carboxylic acids is 6. The normalized spacial score (nSPS) is 37.8. The number of hydrogen-bond donors (Lipinski definition) is 5. The number of rotatable bonds is 9. The summed E-state index contributed by atoms with van der Waals surface area (Å²) in [5.74, 6) is -9.65. The van der Waals surface area contributed by atoms with Crippen LogP contribution in [-0.4, -0.2) is 154 Å². The Balaban J connectivity index is 1.68. The van der Waals surface area contributed by atoms with E-state index >= 15 is 0 Å². The van der Waals surface area contributed by atoms with Crippen LogP contribution in [0.25, 0.3) is 0 Å². The Labute approximate surface area is 426 Å². The van der Waals surface area contributed by atoms with Gasteiger partial charge in [-0.25, -0.2) is 4.79 Å². The third-order valence-electron chi connectivity index (χ3n) is 15.6. The SMILES string of the molecule is CO[C@@H]1C[C@H](C[C@@H](C)[C@@H]2CC(=O)[C@H](C)/C=C(\C)[C@@H](O)[C@@H](OC)C(=O)[C@H](C)C[C@H](C)/C=C/C=C/C=C(\C)[C@@H](O)C[C@@H]3CC[C@@H](C)[C@@](O)(O3)C(=O)C(=O)N3CCCC[C@H]3C(=O)O2)CC[C@H]1OC(=O)C(C)(CO)CO. The van der Waals surface area contributed by atoms with Crippen molar-refractivity contribution in [1.82, 2.24) is 4.90 Å². The van der Waals surface area contributed by atoms with E-state index in [0.717, 1.165) is 4.90 Å². The van der Waals surface area contributed by atoms with Crippen molar-refractivity contribution in [3.63, 3.8) is 0 Å². The number of esters is 2. The van der Waals surface area contributed by atoms with E-state index in [1.165, 1.54) is 21.1 Å². The number of aliphatic hydroxyl groups is 5. The average molecular weight is 1020 g/mol. The van der Waals surface area contributed by atoms with Crippen molar-refractivity contribution in [3.05, 3.63) is 47.6 Å². The molecule has 3 heterocycles. The zero-order valence-electron chi connectivity index (χ0n) is 44.3. The van der Waals surface area contributed by atoms with Gasteiger partial charge in [0.05, 0.1) is 31.5 Å². The predicted octanol–water partition coefficient (Wildman–Crippen LogP) is 5.07. The zero-order valence-corrected chi connectivity index (χ0v) is 44.3. The molecule has 3 aliphatic heterocycles. The van der Waals surface area contributed by atoms with Crippen molar-refractivity contribution in [2.24, 2.45) is 40.9 Å². The topological polar surface area (TPSA) is 253 Å². The minimum absolute atomic E-state index is 0.0247. The molecule has 1 aliphatic carbocycles. The molecule has 4 rings (SSSR count). The van der Waals surface area contributed by atoms with E-state index in [1.807, 2.05) is 26.0 Å². The van der Waals surface area contributed by atoms with Crippen LogP contribution < -0.4 is 0 Å². The van der Waals surface area contributed by atoms with Gasteiger partial charge in [0.2, 0.25) is 5.79 Å². The molecule has 1 saturated carbocycles. The number of carbonyl (C=O) groups is 6. The molecule has 3 fully saturated rings. The second-order valence-electron chi connectivity index (χ2n) is 21.6. The highest BCUT2D eigenvalue weighted by molar-refractivity contribution is 6.39. The number of fused-ring (bicyclic) bond motifs is 3. The number of Topliss-reactive ketones (excluding diaryl/α,β-unsaturated/α-hetero) is 3. The summed E-state index contributed by atoms with van der Waals surface area (Å²) in [4.78, 5) is 85.1. The van der Waals surface area contributed by atoms with Gasteiger partial charge in [-0.3, -0.25) is 24.0 Å². The van der Waals surface area contributed by atoms with Crippen LogP contribution in [0.5, 0.6) is 0 Å². The van der Waals surface area contributed by atoms with Crippen molar-refractivity contribution < 1.29 is 78.0 Å². The fourth-order valence-electron chi connectivity index (χ4n) is 10.4. The van der Waals surface area contributed by atoms with Crippen LogP contribution in [0.15, 0.2) is 47.6 Å². The van der Waals surface area contributed by atoms with Crippen LogP contribution in [0.1, 0.15) is 132 Å². The number of methoxy groups -OCH3 is 2. The number of ketones is 3. The molecule has 0 aromatic carbocycles. The highest BCUT2D eigenvalue weighted by Crippen LogP contribution is 2.38. The van der Waals surface area contributed by atoms with Crippen molar-refractivity contribution in [1.29, 1.82) is 0 Å². The lowest BCUT2D eigenvalue weighted by Gasteiger charge is -2.42. The molecule has 15 atom stereocenters. The number of nitrogens with zero attached hydrogens (tertiary/aromatic N) is 1. The van der Waals surface area contributed by atoms with Crippen LogP contribution >= 0.6 is 0 Å². The number of piperidine rings is 1. The van der Waals surface area contributed by atoms with Gasteiger partial charge in [-0.05, 0) is 114 Å². The second kappa shape index (κ2) is 27.6. The van der Waals surface area contributed by atoms with Gasteiger partial charge in [-0.15, -0.1) is 0 Å². The Morgan fingerprint density at radius 2 is 1.57 bits per heavy atom. The largest absolute Gasteiger partial charge is 0.460 e. The van der Waals surface area contributed by atoms with E-state index in [2.05, 4.69) is 0 Å². The fourth-order valence-corrected chi connectivity index (χ4v) is 10.4. The molecule has 17 nitrogen and oxygen atoms in total. The second-order valence-corrected chi connectivity index (χ2v) is 21.6. The van der Waals surface area contributed by atoms with E-state index < -0.39 is 120 Å². The lowest BCUT2D eigenvalue weighted by Crippen LogP contribution is -2.61. The highest BCUT2D eigenvalue weighted by Gasteiger charge is 2.53. The summed E-state index contributed by atoms with van der Waals surface area (Å²) >= 11 is 0. The summed E-state index contributed by atoms with van der Waals surface area (Å²) in [7, 11) is 2.85. The molecular formula is C55H85NO16. The molecule has 2 bridgehead atoms. The van der Waals surface area contributed by atoms with Crippen molar-refractivity contribution >= 4 is 35.2 Å². The highest BCUT2D eigenvalue weighted by atomic mass is 16.6. The summed E-state index contributed by atoms with van der Waals surface area (Å²) in [6.45, 7) is 12.4. The first kappa shape index (κ1) is 60.6. The van der Waals surface area contributed by atoms with E-state index in [1.54, 1.807) is 58.9 Å². The number of ether oxygens (including phenoxy) is 5. The van der Waals surface area contributed by atoms with Crippen molar-refractivity contribution in [3.8, 4) is 0 Å². The maximum absolute atomic E-state index is 14.5. The number of aliphatic hydroxyl groups excluding tert-OH is 4. The number of allylic oxidation sites excluding steroid dienone is 6. The third kappa shape index (κ3) is 15.6. The quantitative estimate of drug-likeness (QED) is 0.115. The monoisotopic (exact) mass is 1020 g/mol. The van der Waals surface area contributed by atoms with E-state index in [9.17, 15) is 54.3 Å². The van der Waals surface area contributed by atoms with Crippen molar-refractivity contribution in [2.75, 3.05) is 34.0 Å². The van der Waals surface area contributed by atoms with E-state index in [0.29, 0.717) is 68.9 Å². The first-order valence-electron chi connectivity index (χ1n) is 26.0. The molecule has 72 heavy (non-hydrogen) atoms. The fraction of sp³-hybridized carbons (Fsp3) is 0.745. The molecule has 1 amide bonds. The van der Waals surface area contributed by atoms with Crippen molar-refractivity contribution in [2.45, 2.75) is 187 Å². The van der Waals surface area contributed by atoms with E-state index in [-0.39, 0.29) is 49.2 Å². The van der Waals surface area contributed by atoms with Gasteiger partial charge < -0.3 is 54.1 Å². The summed E-state index contributed by atoms with van der Waals surface area (Å²) < 4.78 is 29.4. The van der Waals surface area contributed by atoms with Gasteiger partial charge in [0.1, 0.15) is 41.7 Å². The minimum Gasteiger partial charge on any atom is -0.460 e. The maximum Gasteiger partial charge on any atom is 0.329 e. The average Bonchev–Trinajstić information content (AvgIpc) is 3.36. The van der Waals surface area contributed by atoms with Gasteiger partial charge in [0, 0.05) is 51.4 Å². The molecule has 0 unspecified atom stereocenters. The number of amides is 1. The summed E-state index contributed by atoms with van der Waals surface area (Å²) in [6.07, 6.45) is 8.11. The van der Waals surface area contributed by atoms with Gasteiger partial charge in [0.25, 0.3) is 11.7 Å². The lowest BCUT2D eigenvalue weighted by molar-refractivity contribution is -0.265. The number of hydrogen-bond acceptors (Lipinski definition) is 16. The molecule has 406 valence electrons. The Morgan fingerprint density at radius 3 is 2.22 bits per heavy atom. The molecule has 17 heteroatoms. The molecular weight excluding hydrogens is 931 g/mol. The van der Waals surface area contributed by atoms with E-state index in [4.69, 9.17) is 23.7 Å². The van der Waals surface area contributed by atoms with Gasteiger partial charge in [0.15, 0.2) is 5.78 Å². The molecule has 0 radical (unpaired) electrons. The Morgan fingerprint density at radius 1 is 0.875 bits per heavy atom. The Bertz CT molecular complexity index is 1990. The number of cyclic esters (lactones) is 1. The van der Waals surface area contributed by atoms with Crippen LogP contribution in [0.4, 0.5) is 0 Å². The Hall–Kier alpha value is -3.94. The van der Waals surface area contributed by atoms with Gasteiger partial charge in [-0.1, -0.05) is 71.1 Å². The summed E-state index contributed by atoms with van der Waals surface area (Å²) in [5.41, 5.74) is -0.548. The van der Waals surface area contributed by atoms with Crippen LogP contribution in [0.3, 0.4) is 0 Å². The third-order valence-corrected chi connectivity index (χ3v) is 15.6. The smallest absolute Gasteiger partial charge is 0.329 e. The molecule has 0 spiro atoms. The van der Waals surface area contributed by atoms with Gasteiger partial charge in [-0.2, -0.15) is 0 Å². The van der Waals surface area contributed by atoms with Crippen LogP contribution in [-0.2, 0) is 52.5 Å². The molecule has 4 aliphatic rings. The van der Waals surface area contributed by atoms with Crippen LogP contribution in [0, 0.1) is 40.9 Å². The zero-order chi connectivity index (χ0) is 53.7. The molecule has 5 N–H and O–H groups in total. The minimum atomic E-state index is -2.52. The standard InChI is InChI=1S/C55H85NO16/c1-32-16-12-11-13-17-33(2)42(59)28-40-21-19-38(7)55(67,72-40)50(63)51(64)56-23-15-14-18-41(56)52(65)70-45(29-43(60)34(3)25-37(6)48(62)49(69-10)47(61)36(5)24-32)35(4)26-39-20-22-44(46(27-39)68-9)71-53(66)54(8,30-57)31-58/h11-13,16-17,25,32,34-36,38-42,44-46,48-49,57-59,62,67H,14-15,18-24,26-31H2,1-10H3/b13-11+,16-12+,33-17+,37-25+/t32-,34-,35-,36-,38-,39+,40+,41+,42+,44-,45+,46-,48-,49+,55-/m1/s1. The Kier molecular flexibility index (Phi) is 23.2. The molecule has 0 aromatic heterocycles. The lowest BCUT2D eigenvalue weighted by atomic mass is 9.78. The van der Waals surface area contributed by atoms with Gasteiger partial charge >= 0.3 is 11.9 Å². The summed E-state index contributed by atoms with van der Waals surface area (Å²) in [6, 6.07) is -1.22. The first-order chi connectivity index (χ1) is 33.9. The molecule has 0 aromatic rings.